The van der Waals surface area contributed by atoms with Gasteiger partial charge in [0.1, 0.15) is 11.4 Å². The van der Waals surface area contributed by atoms with Crippen molar-refractivity contribution in [2.45, 2.75) is 0 Å². The summed E-state index contributed by atoms with van der Waals surface area (Å²) in [5.41, 5.74) is 4.03. The highest BCUT2D eigenvalue weighted by Gasteiger charge is 2.12. The van der Waals surface area contributed by atoms with Crippen molar-refractivity contribution in [2.75, 3.05) is 5.32 Å². The van der Waals surface area contributed by atoms with Crippen molar-refractivity contribution in [2.24, 2.45) is 0 Å². The first-order valence-electron chi connectivity index (χ1n) is 9.18. The maximum absolute atomic E-state index is 12.2. The second kappa shape index (κ2) is 10.3. The average molecular weight is 400 g/mol. The number of nitrogens with one attached hydrogen (secondary N) is 2. The van der Waals surface area contributed by atoms with Gasteiger partial charge in [0.2, 0.25) is 5.91 Å². The minimum absolute atomic E-state index is 0.0487. The second-order valence-electron chi connectivity index (χ2n) is 6.20. The van der Waals surface area contributed by atoms with Crippen molar-refractivity contribution in [1.82, 2.24) is 5.48 Å². The fraction of sp³-hybridized carbons (Fsp3) is 0. The van der Waals surface area contributed by atoms with Crippen molar-refractivity contribution in [3.05, 3.63) is 102 Å². The van der Waals surface area contributed by atoms with Crippen LogP contribution in [0, 0.1) is 0 Å². The summed E-state index contributed by atoms with van der Waals surface area (Å²) in [6, 6.07) is 23.1. The first-order valence-corrected chi connectivity index (χ1v) is 9.18. The molecule has 3 aromatic carbocycles. The van der Waals surface area contributed by atoms with Crippen LogP contribution in [0.3, 0.4) is 0 Å². The van der Waals surface area contributed by atoms with E-state index in [0.29, 0.717) is 0 Å². The summed E-state index contributed by atoms with van der Waals surface area (Å²) < 4.78 is 0. The first-order chi connectivity index (χ1) is 14.6. The van der Waals surface area contributed by atoms with Gasteiger partial charge in [0, 0.05) is 12.2 Å². The van der Waals surface area contributed by atoms with Crippen LogP contribution in [-0.4, -0.2) is 16.9 Å². The topological polar surface area (TPSA) is 87.7 Å². The number of hydrogen-bond acceptors (Lipinski definition) is 4. The third-order valence-corrected chi connectivity index (χ3v) is 3.97. The Bertz CT molecular complexity index is 1060. The molecule has 0 saturated carbocycles. The summed E-state index contributed by atoms with van der Waals surface area (Å²) in [4.78, 5) is 29.5. The van der Waals surface area contributed by atoms with E-state index < -0.39 is 11.8 Å². The molecule has 0 aliphatic carbocycles. The Labute approximate surface area is 174 Å². The number of anilines is 1. The van der Waals surface area contributed by atoms with Gasteiger partial charge < -0.3 is 15.3 Å². The van der Waals surface area contributed by atoms with E-state index in [4.69, 9.17) is 4.84 Å². The number of amides is 2. The maximum atomic E-state index is 12.2. The van der Waals surface area contributed by atoms with E-state index in [9.17, 15) is 14.7 Å². The maximum Gasteiger partial charge on any atom is 0.276 e. The zero-order valence-electron chi connectivity index (χ0n) is 16.0. The van der Waals surface area contributed by atoms with Crippen molar-refractivity contribution < 1.29 is 19.5 Å². The Hall–Kier alpha value is -4.32. The Morgan fingerprint density at radius 3 is 1.90 bits per heavy atom. The number of phenols is 1. The number of carbonyl (C=O) groups excluding carboxylic acids is 2. The molecule has 0 heterocycles. The van der Waals surface area contributed by atoms with E-state index in [-0.39, 0.29) is 17.2 Å². The molecular weight excluding hydrogens is 380 g/mol. The van der Waals surface area contributed by atoms with Gasteiger partial charge in [-0.25, -0.2) is 0 Å². The molecule has 0 spiro atoms. The molecule has 0 aliphatic rings. The van der Waals surface area contributed by atoms with Crippen LogP contribution >= 0.6 is 0 Å². The Morgan fingerprint density at radius 1 is 0.733 bits per heavy atom. The predicted octanol–water partition coefficient (Wildman–Crippen LogP) is 4.17. The molecule has 6 nitrogen and oxygen atoms in total. The number of phenolic OH excluding ortho intramolecular Hbond substituents is 1. The molecule has 0 bridgehead atoms. The molecule has 2 amide bonds. The smallest absolute Gasteiger partial charge is 0.276 e. The normalized spacial score (nSPS) is 10.8. The van der Waals surface area contributed by atoms with E-state index in [1.807, 2.05) is 60.7 Å². The van der Waals surface area contributed by atoms with Gasteiger partial charge in [0.15, 0.2) is 5.75 Å². The molecule has 150 valence electrons. The molecule has 0 aromatic heterocycles. The van der Waals surface area contributed by atoms with E-state index in [1.54, 1.807) is 12.2 Å². The highest BCUT2D eigenvalue weighted by atomic mass is 16.7. The third-order valence-electron chi connectivity index (χ3n) is 3.97. The Morgan fingerprint density at radius 2 is 1.30 bits per heavy atom. The lowest BCUT2D eigenvalue weighted by Gasteiger charge is -2.12. The summed E-state index contributed by atoms with van der Waals surface area (Å²) in [6.45, 7) is 0. The predicted molar refractivity (Wildman–Crippen MR) is 116 cm³/mol. The first kappa shape index (κ1) is 20.4. The van der Waals surface area contributed by atoms with Crippen LogP contribution in [-0.2, 0) is 9.59 Å². The minimum atomic E-state index is -0.497. The molecule has 0 atom stereocenters. The Balaban J connectivity index is 1.63. The van der Waals surface area contributed by atoms with Gasteiger partial charge in [-0.05, 0) is 35.4 Å². The second-order valence-corrected chi connectivity index (χ2v) is 6.20. The molecule has 0 radical (unpaired) electrons. The zero-order chi connectivity index (χ0) is 21.2. The highest BCUT2D eigenvalue weighted by molar-refractivity contribution is 6.03. The summed E-state index contributed by atoms with van der Waals surface area (Å²) in [7, 11) is 0. The fourth-order valence-corrected chi connectivity index (χ4v) is 2.51. The lowest BCUT2D eigenvalue weighted by molar-refractivity contribution is -0.122. The van der Waals surface area contributed by atoms with Gasteiger partial charge in [0.25, 0.3) is 5.91 Å². The molecule has 3 N–H and O–H groups in total. The van der Waals surface area contributed by atoms with Crippen LogP contribution < -0.4 is 15.6 Å². The van der Waals surface area contributed by atoms with Crippen LogP contribution in [0.2, 0.25) is 0 Å². The lowest BCUT2D eigenvalue weighted by Crippen LogP contribution is -2.25. The molecular formula is C24H20N2O4. The average Bonchev–Trinajstić information content (AvgIpc) is 2.78. The van der Waals surface area contributed by atoms with Gasteiger partial charge in [-0.1, -0.05) is 66.7 Å². The quantitative estimate of drug-likeness (QED) is 0.316. The minimum Gasteiger partial charge on any atom is -0.506 e. The van der Waals surface area contributed by atoms with Crippen molar-refractivity contribution >= 4 is 29.7 Å². The van der Waals surface area contributed by atoms with Crippen molar-refractivity contribution in [3.63, 3.8) is 0 Å². The largest absolute Gasteiger partial charge is 0.506 e. The standard InChI is InChI=1S/C24H20N2O4/c27-20-12-7-13-21(30-26-23(29)17-15-19-10-5-2-6-11-19)24(20)25-22(28)16-14-18-8-3-1-4-9-18/h1-17,27H,(H,25,28)(H,26,29). The van der Waals surface area contributed by atoms with Crippen LogP contribution in [0.25, 0.3) is 12.2 Å². The summed E-state index contributed by atoms with van der Waals surface area (Å²) in [6.07, 6.45) is 5.94. The summed E-state index contributed by atoms with van der Waals surface area (Å²) in [5.74, 6) is -1.05. The number of hydroxylamine groups is 1. The number of carbonyl (C=O) groups is 2. The number of rotatable bonds is 7. The number of hydrogen-bond donors (Lipinski definition) is 3. The van der Waals surface area contributed by atoms with Gasteiger partial charge >= 0.3 is 0 Å². The Kier molecular flexibility index (Phi) is 7.00. The van der Waals surface area contributed by atoms with Crippen molar-refractivity contribution in [3.8, 4) is 11.5 Å². The van der Waals surface area contributed by atoms with Gasteiger partial charge in [-0.3, -0.25) is 9.59 Å². The number of aromatic hydroxyl groups is 1. The third kappa shape index (κ3) is 6.10. The molecule has 0 fully saturated rings. The van der Waals surface area contributed by atoms with Gasteiger partial charge in [-0.2, -0.15) is 5.48 Å². The molecule has 6 heteroatoms. The van der Waals surface area contributed by atoms with E-state index in [0.717, 1.165) is 11.1 Å². The number of benzene rings is 3. The molecule has 0 aliphatic heterocycles. The van der Waals surface area contributed by atoms with E-state index in [2.05, 4.69) is 10.8 Å². The van der Waals surface area contributed by atoms with E-state index in [1.165, 1.54) is 30.4 Å². The van der Waals surface area contributed by atoms with Crippen LogP contribution in [0.1, 0.15) is 11.1 Å². The molecule has 3 rings (SSSR count). The molecule has 0 unspecified atom stereocenters. The SMILES string of the molecule is O=C(C=Cc1ccccc1)NOc1cccc(O)c1NC(=O)C=Cc1ccccc1. The van der Waals surface area contributed by atoms with Gasteiger partial charge in [0.05, 0.1) is 0 Å². The molecule has 0 saturated heterocycles. The van der Waals surface area contributed by atoms with Gasteiger partial charge in [-0.15, -0.1) is 0 Å². The van der Waals surface area contributed by atoms with E-state index >= 15 is 0 Å². The van der Waals surface area contributed by atoms with Crippen LogP contribution in [0.5, 0.6) is 11.5 Å². The monoisotopic (exact) mass is 400 g/mol. The zero-order valence-corrected chi connectivity index (χ0v) is 16.0. The molecule has 3 aromatic rings. The summed E-state index contributed by atoms with van der Waals surface area (Å²) >= 11 is 0. The fourth-order valence-electron chi connectivity index (χ4n) is 2.51. The van der Waals surface area contributed by atoms with Crippen LogP contribution in [0.4, 0.5) is 5.69 Å². The number of para-hydroxylation sites is 1. The van der Waals surface area contributed by atoms with Crippen molar-refractivity contribution in [1.29, 1.82) is 0 Å². The molecule has 30 heavy (non-hydrogen) atoms. The highest BCUT2D eigenvalue weighted by Crippen LogP contribution is 2.33. The van der Waals surface area contributed by atoms with Crippen LogP contribution in [0.15, 0.2) is 91.0 Å². The lowest BCUT2D eigenvalue weighted by atomic mass is 10.2. The summed E-state index contributed by atoms with van der Waals surface area (Å²) in [5, 5.41) is 12.7.